The second-order valence-electron chi connectivity index (χ2n) is 13.7. The highest BCUT2D eigenvalue weighted by Gasteiger charge is 2.44. The van der Waals surface area contributed by atoms with Crippen LogP contribution in [0.1, 0.15) is 168 Å². The largest absolute Gasteiger partial charge is 0.457 e. The summed E-state index contributed by atoms with van der Waals surface area (Å²) >= 11 is 0. The van der Waals surface area contributed by atoms with Crippen molar-refractivity contribution in [1.29, 1.82) is 0 Å². The van der Waals surface area contributed by atoms with Gasteiger partial charge in [-0.1, -0.05) is 135 Å². The quantitative estimate of drug-likeness (QED) is 0.0311. The molecule has 1 aliphatic rings. The molecule has 0 bridgehead atoms. The SMILES string of the molecule is CCCCCCC/C=C\CCCCCCCCOCC(COC1OC(CO)C(O)C(O)C1O)OC(=O)CCCCCCCCCCCC. The van der Waals surface area contributed by atoms with Crippen molar-refractivity contribution in [3.05, 3.63) is 12.2 Å². The Kier molecular flexibility index (Phi) is 29.9. The Balaban J connectivity index is 2.31. The summed E-state index contributed by atoms with van der Waals surface area (Å²) in [5, 5.41) is 39.9. The van der Waals surface area contributed by atoms with E-state index in [1.54, 1.807) is 0 Å². The third-order valence-electron chi connectivity index (χ3n) is 9.18. The summed E-state index contributed by atoms with van der Waals surface area (Å²) in [4.78, 5) is 12.7. The van der Waals surface area contributed by atoms with Crippen molar-refractivity contribution in [2.75, 3.05) is 26.4 Å². The number of aliphatic hydroxyl groups excluding tert-OH is 4. The first-order valence-electron chi connectivity index (χ1n) is 19.8. The molecule has 0 amide bonds. The summed E-state index contributed by atoms with van der Waals surface area (Å²) < 4.78 is 22.7. The molecular formula is C39H74O9. The number of rotatable bonds is 33. The predicted molar refractivity (Wildman–Crippen MR) is 192 cm³/mol. The molecule has 284 valence electrons. The second kappa shape index (κ2) is 31.9. The molecule has 6 unspecified atom stereocenters. The Labute approximate surface area is 293 Å². The molecule has 1 rings (SSSR count). The van der Waals surface area contributed by atoms with Crippen molar-refractivity contribution in [2.24, 2.45) is 0 Å². The first-order valence-corrected chi connectivity index (χ1v) is 19.8. The molecule has 0 spiro atoms. The molecule has 0 aromatic rings. The fourth-order valence-corrected chi connectivity index (χ4v) is 6.01. The van der Waals surface area contributed by atoms with Gasteiger partial charge in [0.1, 0.15) is 30.5 Å². The molecule has 0 aromatic heterocycles. The van der Waals surface area contributed by atoms with Crippen LogP contribution in [-0.4, -0.2) is 89.6 Å². The summed E-state index contributed by atoms with van der Waals surface area (Å²) in [6, 6.07) is 0. The number of aliphatic hydroxyl groups is 4. The Morgan fingerprint density at radius 3 is 1.69 bits per heavy atom. The van der Waals surface area contributed by atoms with Crippen LogP contribution in [0.15, 0.2) is 12.2 Å². The van der Waals surface area contributed by atoms with Gasteiger partial charge in [0, 0.05) is 13.0 Å². The van der Waals surface area contributed by atoms with Crippen LogP contribution < -0.4 is 0 Å². The molecule has 9 nitrogen and oxygen atoms in total. The van der Waals surface area contributed by atoms with Gasteiger partial charge < -0.3 is 39.4 Å². The fraction of sp³-hybridized carbons (Fsp3) is 0.923. The Morgan fingerprint density at radius 2 is 1.15 bits per heavy atom. The van der Waals surface area contributed by atoms with E-state index in [1.165, 1.54) is 116 Å². The number of carbonyl (C=O) groups excluding carboxylic acids is 1. The number of carbonyl (C=O) groups is 1. The van der Waals surface area contributed by atoms with E-state index >= 15 is 0 Å². The van der Waals surface area contributed by atoms with Gasteiger partial charge >= 0.3 is 5.97 Å². The average Bonchev–Trinajstić information content (AvgIpc) is 3.08. The molecule has 0 radical (unpaired) electrons. The Hall–Kier alpha value is -1.07. The minimum absolute atomic E-state index is 0.111. The second-order valence-corrected chi connectivity index (χ2v) is 13.7. The van der Waals surface area contributed by atoms with Crippen molar-refractivity contribution in [2.45, 2.75) is 205 Å². The molecule has 1 fully saturated rings. The molecular weight excluding hydrogens is 612 g/mol. The highest BCUT2D eigenvalue weighted by Crippen LogP contribution is 2.22. The van der Waals surface area contributed by atoms with Gasteiger partial charge in [0.05, 0.1) is 19.8 Å². The van der Waals surface area contributed by atoms with Crippen LogP contribution in [0.3, 0.4) is 0 Å². The van der Waals surface area contributed by atoms with Gasteiger partial charge in [-0.05, 0) is 38.5 Å². The van der Waals surface area contributed by atoms with Gasteiger partial charge in [-0.3, -0.25) is 4.79 Å². The molecule has 0 aromatic carbocycles. The zero-order valence-corrected chi connectivity index (χ0v) is 30.7. The zero-order chi connectivity index (χ0) is 35.1. The highest BCUT2D eigenvalue weighted by molar-refractivity contribution is 5.69. The molecule has 48 heavy (non-hydrogen) atoms. The van der Waals surface area contributed by atoms with Crippen LogP contribution in [0.4, 0.5) is 0 Å². The summed E-state index contributed by atoms with van der Waals surface area (Å²) in [6.45, 7) is 4.52. The van der Waals surface area contributed by atoms with Gasteiger partial charge in [-0.15, -0.1) is 0 Å². The molecule has 0 saturated carbocycles. The molecule has 1 saturated heterocycles. The maximum Gasteiger partial charge on any atom is 0.306 e. The van der Waals surface area contributed by atoms with E-state index < -0.39 is 43.4 Å². The summed E-state index contributed by atoms with van der Waals surface area (Å²) in [7, 11) is 0. The molecule has 6 atom stereocenters. The number of hydrogen-bond acceptors (Lipinski definition) is 9. The smallest absolute Gasteiger partial charge is 0.306 e. The van der Waals surface area contributed by atoms with Crippen LogP contribution in [0.2, 0.25) is 0 Å². The van der Waals surface area contributed by atoms with Gasteiger partial charge in [-0.2, -0.15) is 0 Å². The van der Waals surface area contributed by atoms with Crippen LogP contribution in [0.25, 0.3) is 0 Å². The standard InChI is InChI=1S/C39H74O9/c1-3-5-7-9-11-13-15-16-17-18-19-21-23-25-27-29-45-31-33(32-46-39-38(44)37(43)36(42)34(30-40)48-39)47-35(41)28-26-24-22-20-14-12-10-8-6-4-2/h15-16,33-34,36-40,42-44H,3-14,17-32H2,1-2H3/b16-15-. The van der Waals surface area contributed by atoms with E-state index in [1.807, 2.05) is 0 Å². The monoisotopic (exact) mass is 687 g/mol. The van der Waals surface area contributed by atoms with Crippen LogP contribution in [0, 0.1) is 0 Å². The molecule has 4 N–H and O–H groups in total. The summed E-state index contributed by atoms with van der Waals surface area (Å²) in [6.07, 6.45) is 25.2. The first-order chi connectivity index (χ1) is 23.4. The van der Waals surface area contributed by atoms with E-state index in [9.17, 15) is 25.2 Å². The lowest BCUT2D eigenvalue weighted by molar-refractivity contribution is -0.305. The number of ether oxygens (including phenoxy) is 4. The minimum atomic E-state index is -1.53. The topological polar surface area (TPSA) is 135 Å². The fourth-order valence-electron chi connectivity index (χ4n) is 6.01. The van der Waals surface area contributed by atoms with Crippen LogP contribution in [0.5, 0.6) is 0 Å². The van der Waals surface area contributed by atoms with E-state index in [2.05, 4.69) is 26.0 Å². The first kappa shape index (κ1) is 45.0. The molecule has 9 heteroatoms. The van der Waals surface area contributed by atoms with Crippen LogP contribution >= 0.6 is 0 Å². The Morgan fingerprint density at radius 1 is 0.646 bits per heavy atom. The maximum absolute atomic E-state index is 12.7. The number of unbranched alkanes of at least 4 members (excludes halogenated alkanes) is 20. The minimum Gasteiger partial charge on any atom is -0.457 e. The maximum atomic E-state index is 12.7. The van der Waals surface area contributed by atoms with Gasteiger partial charge in [0.25, 0.3) is 0 Å². The number of allylic oxidation sites excluding steroid dienone is 2. The lowest BCUT2D eigenvalue weighted by Gasteiger charge is -2.39. The highest BCUT2D eigenvalue weighted by atomic mass is 16.7. The van der Waals surface area contributed by atoms with Crippen molar-refractivity contribution >= 4 is 5.97 Å². The third kappa shape index (κ3) is 23.4. The molecule has 0 aliphatic carbocycles. The Bertz CT molecular complexity index is 747. The average molecular weight is 687 g/mol. The van der Waals surface area contributed by atoms with Gasteiger partial charge in [0.2, 0.25) is 0 Å². The number of esters is 1. The van der Waals surface area contributed by atoms with Crippen molar-refractivity contribution in [3.63, 3.8) is 0 Å². The summed E-state index contributed by atoms with van der Waals surface area (Å²) in [5.74, 6) is -0.317. The van der Waals surface area contributed by atoms with E-state index in [0.29, 0.717) is 13.0 Å². The molecule has 1 heterocycles. The number of hydrogen-bond donors (Lipinski definition) is 4. The van der Waals surface area contributed by atoms with E-state index in [0.717, 1.165) is 32.1 Å². The van der Waals surface area contributed by atoms with Crippen LogP contribution in [-0.2, 0) is 23.7 Å². The van der Waals surface area contributed by atoms with Gasteiger partial charge in [0.15, 0.2) is 6.29 Å². The summed E-state index contributed by atoms with van der Waals surface area (Å²) in [5.41, 5.74) is 0. The lowest BCUT2D eigenvalue weighted by atomic mass is 9.99. The van der Waals surface area contributed by atoms with E-state index in [-0.39, 0.29) is 19.2 Å². The van der Waals surface area contributed by atoms with Crippen molar-refractivity contribution in [3.8, 4) is 0 Å². The predicted octanol–water partition coefficient (Wildman–Crippen LogP) is 7.69. The molecule has 1 aliphatic heterocycles. The lowest BCUT2D eigenvalue weighted by Crippen LogP contribution is -2.59. The zero-order valence-electron chi connectivity index (χ0n) is 30.7. The third-order valence-corrected chi connectivity index (χ3v) is 9.18. The normalized spacial score (nSPS) is 22.0. The van der Waals surface area contributed by atoms with E-state index in [4.69, 9.17) is 18.9 Å². The van der Waals surface area contributed by atoms with Gasteiger partial charge in [-0.25, -0.2) is 0 Å². The van der Waals surface area contributed by atoms with Crippen molar-refractivity contribution in [1.82, 2.24) is 0 Å². The van der Waals surface area contributed by atoms with Crippen molar-refractivity contribution < 1.29 is 44.2 Å².